The minimum Gasteiger partial charge on any atom is -0.388 e. The fraction of sp³-hybridized carbons (Fsp3) is 0.556. The molecule has 0 fully saturated rings. The zero-order valence-corrected chi connectivity index (χ0v) is 7.44. The third kappa shape index (κ3) is 2.01. The van der Waals surface area contributed by atoms with Gasteiger partial charge >= 0.3 is 0 Å². The van der Waals surface area contributed by atoms with Crippen LogP contribution in [0.3, 0.4) is 0 Å². The molecule has 0 radical (unpaired) electrons. The Hall–Kier alpha value is -0.960. The summed E-state index contributed by atoms with van der Waals surface area (Å²) in [4.78, 5) is 7.70. The molecule has 66 valence electrons. The first-order valence-electron chi connectivity index (χ1n) is 4.18. The second-order valence-corrected chi connectivity index (χ2v) is 3.00. The third-order valence-corrected chi connectivity index (χ3v) is 2.11. The predicted octanol–water partition coefficient (Wildman–Crippen LogP) is 1.56. The van der Waals surface area contributed by atoms with Crippen LogP contribution in [0.25, 0.3) is 0 Å². The van der Waals surface area contributed by atoms with Crippen molar-refractivity contribution in [3.05, 3.63) is 24.3 Å². The molecule has 2 atom stereocenters. The largest absolute Gasteiger partial charge is 0.388 e. The number of aromatic nitrogens is 2. The zero-order chi connectivity index (χ0) is 8.97. The quantitative estimate of drug-likeness (QED) is 0.741. The highest BCUT2D eigenvalue weighted by Gasteiger charge is 2.14. The van der Waals surface area contributed by atoms with Crippen LogP contribution >= 0.6 is 0 Å². The first-order chi connectivity index (χ1) is 5.75. The summed E-state index contributed by atoms with van der Waals surface area (Å²) in [5, 5.41) is 9.71. The molecule has 3 nitrogen and oxygen atoms in total. The normalized spacial score (nSPS) is 15.6. The summed E-state index contributed by atoms with van der Waals surface area (Å²) >= 11 is 0. The standard InChI is InChI=1S/C9H14N2O/c1-3-7(2)9(12)8-4-10-6-11-5-8/h4-7,9,12H,3H2,1-2H3. The minimum atomic E-state index is -0.434. The number of aliphatic hydroxyl groups excluding tert-OH is 1. The van der Waals surface area contributed by atoms with Crippen LogP contribution in [0.15, 0.2) is 18.7 Å². The lowest BCUT2D eigenvalue weighted by Gasteiger charge is -2.15. The van der Waals surface area contributed by atoms with Gasteiger partial charge in [-0.25, -0.2) is 9.97 Å². The first kappa shape index (κ1) is 9.13. The van der Waals surface area contributed by atoms with Gasteiger partial charge in [0.25, 0.3) is 0 Å². The van der Waals surface area contributed by atoms with Gasteiger partial charge in [-0.05, 0) is 5.92 Å². The number of rotatable bonds is 3. The maximum absolute atomic E-state index is 9.71. The smallest absolute Gasteiger partial charge is 0.115 e. The van der Waals surface area contributed by atoms with Crippen LogP contribution in [0.1, 0.15) is 31.9 Å². The van der Waals surface area contributed by atoms with Gasteiger partial charge in [0.1, 0.15) is 6.33 Å². The Labute approximate surface area is 72.5 Å². The molecule has 0 aliphatic heterocycles. The number of aliphatic hydroxyl groups is 1. The van der Waals surface area contributed by atoms with E-state index in [9.17, 15) is 5.11 Å². The van der Waals surface area contributed by atoms with E-state index >= 15 is 0 Å². The van der Waals surface area contributed by atoms with Crippen molar-refractivity contribution in [2.24, 2.45) is 5.92 Å². The molecule has 1 N–H and O–H groups in total. The highest BCUT2D eigenvalue weighted by Crippen LogP contribution is 2.22. The van der Waals surface area contributed by atoms with Gasteiger partial charge in [-0.1, -0.05) is 20.3 Å². The van der Waals surface area contributed by atoms with Crippen LogP contribution in [0.2, 0.25) is 0 Å². The van der Waals surface area contributed by atoms with Crippen LogP contribution in [0, 0.1) is 5.92 Å². The Bertz CT molecular complexity index is 225. The maximum atomic E-state index is 9.71. The van der Waals surface area contributed by atoms with E-state index in [0.717, 1.165) is 12.0 Å². The molecule has 0 spiro atoms. The summed E-state index contributed by atoms with van der Waals surface area (Å²) in [5.74, 6) is 0.260. The molecule has 1 rings (SSSR count). The van der Waals surface area contributed by atoms with Crippen molar-refractivity contribution in [1.82, 2.24) is 9.97 Å². The van der Waals surface area contributed by atoms with Crippen molar-refractivity contribution in [3.8, 4) is 0 Å². The van der Waals surface area contributed by atoms with Gasteiger partial charge in [0.2, 0.25) is 0 Å². The van der Waals surface area contributed by atoms with Gasteiger partial charge in [-0.3, -0.25) is 0 Å². The second-order valence-electron chi connectivity index (χ2n) is 3.00. The summed E-state index contributed by atoms with van der Waals surface area (Å²) in [7, 11) is 0. The highest BCUT2D eigenvalue weighted by molar-refractivity contribution is 5.07. The topological polar surface area (TPSA) is 46.0 Å². The molecule has 0 bridgehead atoms. The molecule has 2 unspecified atom stereocenters. The fourth-order valence-electron chi connectivity index (χ4n) is 1.02. The average molecular weight is 166 g/mol. The Morgan fingerprint density at radius 1 is 1.42 bits per heavy atom. The first-order valence-corrected chi connectivity index (χ1v) is 4.18. The molecule has 0 saturated heterocycles. The van der Waals surface area contributed by atoms with Gasteiger partial charge in [0, 0.05) is 18.0 Å². The van der Waals surface area contributed by atoms with Crippen molar-refractivity contribution >= 4 is 0 Å². The number of hydrogen-bond acceptors (Lipinski definition) is 3. The van der Waals surface area contributed by atoms with Crippen molar-refractivity contribution in [1.29, 1.82) is 0 Å². The van der Waals surface area contributed by atoms with Crippen molar-refractivity contribution < 1.29 is 5.11 Å². The summed E-state index contributed by atoms with van der Waals surface area (Å²) in [6.07, 6.45) is 5.30. The van der Waals surface area contributed by atoms with Crippen molar-refractivity contribution in [3.63, 3.8) is 0 Å². The molecule has 1 heterocycles. The average Bonchev–Trinajstić information content (AvgIpc) is 2.17. The van der Waals surface area contributed by atoms with E-state index in [-0.39, 0.29) is 5.92 Å². The predicted molar refractivity (Wildman–Crippen MR) is 46.4 cm³/mol. The molecule has 0 saturated carbocycles. The van der Waals surface area contributed by atoms with Gasteiger partial charge < -0.3 is 5.11 Å². The van der Waals surface area contributed by atoms with E-state index in [1.54, 1.807) is 12.4 Å². The van der Waals surface area contributed by atoms with Gasteiger partial charge in [-0.15, -0.1) is 0 Å². The monoisotopic (exact) mass is 166 g/mol. The lowest BCUT2D eigenvalue weighted by molar-refractivity contribution is 0.115. The molecule has 12 heavy (non-hydrogen) atoms. The molecule has 1 aromatic heterocycles. The number of nitrogens with zero attached hydrogens (tertiary/aromatic N) is 2. The molecule has 1 aromatic rings. The Morgan fingerprint density at radius 2 is 2.00 bits per heavy atom. The zero-order valence-electron chi connectivity index (χ0n) is 7.44. The Morgan fingerprint density at radius 3 is 2.50 bits per heavy atom. The summed E-state index contributed by atoms with van der Waals surface area (Å²) in [6.45, 7) is 4.06. The van der Waals surface area contributed by atoms with E-state index in [0.29, 0.717) is 0 Å². The Balaban J connectivity index is 2.71. The Kier molecular flexibility index (Phi) is 3.17. The van der Waals surface area contributed by atoms with Crippen LogP contribution in [0.5, 0.6) is 0 Å². The molecule has 0 aliphatic carbocycles. The van der Waals surface area contributed by atoms with Crippen LogP contribution in [0.4, 0.5) is 0 Å². The lowest BCUT2D eigenvalue weighted by atomic mass is 9.97. The van der Waals surface area contributed by atoms with Crippen LogP contribution < -0.4 is 0 Å². The van der Waals surface area contributed by atoms with Gasteiger partial charge in [0.05, 0.1) is 6.10 Å². The van der Waals surface area contributed by atoms with Crippen molar-refractivity contribution in [2.75, 3.05) is 0 Å². The molecule has 0 amide bonds. The molecular weight excluding hydrogens is 152 g/mol. The summed E-state index contributed by atoms with van der Waals surface area (Å²) in [6, 6.07) is 0. The van der Waals surface area contributed by atoms with Crippen molar-refractivity contribution in [2.45, 2.75) is 26.4 Å². The molecular formula is C9H14N2O. The minimum absolute atomic E-state index is 0.260. The lowest BCUT2D eigenvalue weighted by Crippen LogP contribution is -2.08. The maximum Gasteiger partial charge on any atom is 0.115 e. The third-order valence-electron chi connectivity index (χ3n) is 2.11. The molecule has 0 aromatic carbocycles. The summed E-state index contributed by atoms with van der Waals surface area (Å²) in [5.41, 5.74) is 0.798. The second kappa shape index (κ2) is 4.16. The van der Waals surface area contributed by atoms with E-state index in [2.05, 4.69) is 16.9 Å². The molecule has 3 heteroatoms. The van der Waals surface area contributed by atoms with E-state index in [1.165, 1.54) is 6.33 Å². The number of hydrogen-bond donors (Lipinski definition) is 1. The summed E-state index contributed by atoms with van der Waals surface area (Å²) < 4.78 is 0. The fourth-order valence-corrected chi connectivity index (χ4v) is 1.02. The van der Waals surface area contributed by atoms with E-state index in [1.807, 2.05) is 6.92 Å². The van der Waals surface area contributed by atoms with Gasteiger partial charge in [0.15, 0.2) is 0 Å². The van der Waals surface area contributed by atoms with Gasteiger partial charge in [-0.2, -0.15) is 0 Å². The highest BCUT2D eigenvalue weighted by atomic mass is 16.3. The SMILES string of the molecule is CCC(C)C(O)c1cncnc1. The van der Waals surface area contributed by atoms with Crippen LogP contribution in [-0.4, -0.2) is 15.1 Å². The van der Waals surface area contributed by atoms with Crippen LogP contribution in [-0.2, 0) is 0 Å². The van der Waals surface area contributed by atoms with E-state index < -0.39 is 6.10 Å². The molecule has 0 aliphatic rings. The van der Waals surface area contributed by atoms with E-state index in [4.69, 9.17) is 0 Å².